The molecular formula is C18H23ClN4O2. The zero-order valence-electron chi connectivity index (χ0n) is 14.5. The van der Waals surface area contributed by atoms with E-state index in [1.54, 1.807) is 6.92 Å². The zero-order valence-corrected chi connectivity index (χ0v) is 15.3. The zero-order chi connectivity index (χ0) is 17.8. The van der Waals surface area contributed by atoms with E-state index in [4.69, 9.17) is 16.1 Å². The number of rotatable bonds is 5. The Hall–Kier alpha value is -2.08. The van der Waals surface area contributed by atoms with Crippen molar-refractivity contribution >= 4 is 23.5 Å². The summed E-state index contributed by atoms with van der Waals surface area (Å²) in [5.41, 5.74) is 0.967. The van der Waals surface area contributed by atoms with Gasteiger partial charge in [-0.15, -0.1) is 0 Å². The molecular weight excluding hydrogens is 340 g/mol. The fourth-order valence-electron chi connectivity index (χ4n) is 3.28. The van der Waals surface area contributed by atoms with Crippen molar-refractivity contribution in [3.8, 4) is 0 Å². The topological polar surface area (TPSA) is 71.3 Å². The molecule has 2 atom stereocenters. The van der Waals surface area contributed by atoms with E-state index in [0.29, 0.717) is 29.2 Å². The molecule has 1 N–H and O–H groups in total. The highest BCUT2D eigenvalue weighted by atomic mass is 35.5. The van der Waals surface area contributed by atoms with Gasteiger partial charge in [0.05, 0.1) is 6.42 Å². The summed E-state index contributed by atoms with van der Waals surface area (Å²) in [6, 6.07) is 7.57. The standard InChI is InChI=1S/C18H23ClN4O2/c1-3-14-11-23(18-20-12(2)25-22-18)9-8-16(14)21-17(24)10-13-4-6-15(19)7-5-13/h4-7,14,16H,3,8-11H2,1-2H3,(H,21,24)/t14-,16+/m1/s1. The van der Waals surface area contributed by atoms with Gasteiger partial charge in [-0.2, -0.15) is 4.98 Å². The maximum absolute atomic E-state index is 12.4. The van der Waals surface area contributed by atoms with E-state index in [-0.39, 0.29) is 11.9 Å². The number of carbonyl (C=O) groups excluding carboxylic acids is 1. The van der Waals surface area contributed by atoms with Gasteiger partial charge < -0.3 is 14.7 Å². The number of benzene rings is 1. The SMILES string of the molecule is CC[C@@H]1CN(c2noc(C)n2)CC[C@@H]1NC(=O)Cc1ccc(Cl)cc1. The number of hydrogen-bond donors (Lipinski definition) is 1. The number of carbonyl (C=O) groups is 1. The summed E-state index contributed by atoms with van der Waals surface area (Å²) < 4.78 is 5.07. The highest BCUT2D eigenvalue weighted by Crippen LogP contribution is 2.23. The third-order valence-corrected chi connectivity index (χ3v) is 4.93. The minimum Gasteiger partial charge on any atom is -0.353 e. The predicted octanol–water partition coefficient (Wildman–Crippen LogP) is 3.00. The number of nitrogens with zero attached hydrogens (tertiary/aromatic N) is 3. The molecule has 134 valence electrons. The van der Waals surface area contributed by atoms with Gasteiger partial charge in [0, 0.05) is 31.1 Å². The van der Waals surface area contributed by atoms with Crippen LogP contribution in [0.15, 0.2) is 28.8 Å². The average molecular weight is 363 g/mol. The number of aromatic nitrogens is 2. The van der Waals surface area contributed by atoms with E-state index in [9.17, 15) is 4.79 Å². The molecule has 1 saturated heterocycles. The molecule has 0 aliphatic carbocycles. The van der Waals surface area contributed by atoms with Gasteiger partial charge in [0.25, 0.3) is 5.95 Å². The van der Waals surface area contributed by atoms with Crippen LogP contribution in [0, 0.1) is 12.8 Å². The second kappa shape index (κ2) is 7.87. The summed E-state index contributed by atoms with van der Waals surface area (Å²) in [6.07, 6.45) is 2.23. The normalized spacial score (nSPS) is 20.5. The maximum Gasteiger partial charge on any atom is 0.266 e. The third-order valence-electron chi connectivity index (χ3n) is 4.68. The van der Waals surface area contributed by atoms with Crippen LogP contribution in [0.2, 0.25) is 5.02 Å². The van der Waals surface area contributed by atoms with Gasteiger partial charge in [-0.25, -0.2) is 0 Å². The Morgan fingerprint density at radius 1 is 1.40 bits per heavy atom. The minimum absolute atomic E-state index is 0.0506. The number of amides is 1. The maximum atomic E-state index is 12.4. The highest BCUT2D eigenvalue weighted by Gasteiger charge is 2.30. The van der Waals surface area contributed by atoms with E-state index in [1.165, 1.54) is 0 Å². The van der Waals surface area contributed by atoms with Gasteiger partial charge in [0.1, 0.15) is 0 Å². The van der Waals surface area contributed by atoms with Crippen LogP contribution in [-0.4, -0.2) is 35.2 Å². The monoisotopic (exact) mass is 362 g/mol. The molecule has 1 aliphatic heterocycles. The number of nitrogens with one attached hydrogen (secondary N) is 1. The number of piperidine rings is 1. The van der Waals surface area contributed by atoms with Crippen molar-refractivity contribution in [2.24, 2.45) is 5.92 Å². The van der Waals surface area contributed by atoms with Crippen molar-refractivity contribution in [2.75, 3.05) is 18.0 Å². The van der Waals surface area contributed by atoms with Crippen molar-refractivity contribution in [2.45, 2.75) is 39.2 Å². The van der Waals surface area contributed by atoms with E-state index in [0.717, 1.165) is 31.5 Å². The molecule has 1 aromatic carbocycles. The van der Waals surface area contributed by atoms with Gasteiger partial charge in [-0.3, -0.25) is 4.79 Å². The molecule has 3 rings (SSSR count). The number of halogens is 1. The molecule has 1 aliphatic rings. The van der Waals surface area contributed by atoms with Crippen LogP contribution in [0.4, 0.5) is 5.95 Å². The Balaban J connectivity index is 1.57. The number of hydrogen-bond acceptors (Lipinski definition) is 5. The Bertz CT molecular complexity index is 716. The van der Waals surface area contributed by atoms with Gasteiger partial charge in [-0.05, 0) is 41.6 Å². The van der Waals surface area contributed by atoms with Crippen molar-refractivity contribution in [3.05, 3.63) is 40.7 Å². The molecule has 6 nitrogen and oxygen atoms in total. The van der Waals surface area contributed by atoms with Crippen molar-refractivity contribution in [1.29, 1.82) is 0 Å². The lowest BCUT2D eigenvalue weighted by atomic mass is 9.90. The first-order chi connectivity index (χ1) is 12.0. The fourth-order valence-corrected chi connectivity index (χ4v) is 3.41. The first-order valence-electron chi connectivity index (χ1n) is 8.64. The lowest BCUT2D eigenvalue weighted by molar-refractivity contribution is -0.121. The van der Waals surface area contributed by atoms with Crippen LogP contribution in [-0.2, 0) is 11.2 Å². The smallest absolute Gasteiger partial charge is 0.266 e. The van der Waals surface area contributed by atoms with Crippen LogP contribution < -0.4 is 10.2 Å². The Morgan fingerprint density at radius 3 is 2.80 bits per heavy atom. The molecule has 0 spiro atoms. The molecule has 7 heteroatoms. The molecule has 0 radical (unpaired) electrons. The van der Waals surface area contributed by atoms with Crippen molar-refractivity contribution in [1.82, 2.24) is 15.5 Å². The fraction of sp³-hybridized carbons (Fsp3) is 0.500. The molecule has 1 amide bonds. The van der Waals surface area contributed by atoms with Gasteiger partial charge >= 0.3 is 0 Å². The first-order valence-corrected chi connectivity index (χ1v) is 9.02. The summed E-state index contributed by atoms with van der Waals surface area (Å²) in [5.74, 6) is 1.62. The highest BCUT2D eigenvalue weighted by molar-refractivity contribution is 6.30. The molecule has 1 fully saturated rings. The quantitative estimate of drug-likeness (QED) is 0.885. The first kappa shape index (κ1) is 17.7. The van der Waals surface area contributed by atoms with E-state index in [1.807, 2.05) is 24.3 Å². The molecule has 2 heterocycles. The molecule has 0 bridgehead atoms. The predicted molar refractivity (Wildman–Crippen MR) is 96.7 cm³/mol. The van der Waals surface area contributed by atoms with Crippen LogP contribution in [0.5, 0.6) is 0 Å². The van der Waals surface area contributed by atoms with Gasteiger partial charge in [-0.1, -0.05) is 30.7 Å². The van der Waals surface area contributed by atoms with Crippen LogP contribution >= 0.6 is 11.6 Å². The van der Waals surface area contributed by atoms with Crippen LogP contribution in [0.3, 0.4) is 0 Å². The lowest BCUT2D eigenvalue weighted by Crippen LogP contribution is -2.51. The largest absolute Gasteiger partial charge is 0.353 e. The molecule has 25 heavy (non-hydrogen) atoms. The van der Waals surface area contributed by atoms with Crippen molar-refractivity contribution < 1.29 is 9.32 Å². The molecule has 2 aromatic rings. The van der Waals surface area contributed by atoms with E-state index >= 15 is 0 Å². The van der Waals surface area contributed by atoms with Crippen LogP contribution in [0.1, 0.15) is 31.2 Å². The van der Waals surface area contributed by atoms with Gasteiger partial charge in [0.15, 0.2) is 0 Å². The Labute approximate surface area is 152 Å². The third kappa shape index (κ3) is 4.51. The van der Waals surface area contributed by atoms with Crippen molar-refractivity contribution in [3.63, 3.8) is 0 Å². The average Bonchev–Trinajstić information content (AvgIpc) is 3.03. The van der Waals surface area contributed by atoms with Gasteiger partial charge in [0.2, 0.25) is 11.8 Å². The number of aryl methyl sites for hydroxylation is 1. The minimum atomic E-state index is 0.0506. The summed E-state index contributed by atoms with van der Waals surface area (Å²) >= 11 is 5.89. The second-order valence-corrected chi connectivity index (χ2v) is 6.93. The number of anilines is 1. The molecule has 1 aromatic heterocycles. The summed E-state index contributed by atoms with van der Waals surface area (Å²) in [4.78, 5) is 18.8. The summed E-state index contributed by atoms with van der Waals surface area (Å²) in [6.45, 7) is 5.56. The molecule has 0 unspecified atom stereocenters. The summed E-state index contributed by atoms with van der Waals surface area (Å²) in [7, 11) is 0. The second-order valence-electron chi connectivity index (χ2n) is 6.49. The summed E-state index contributed by atoms with van der Waals surface area (Å²) in [5, 5.41) is 7.88. The molecule has 0 saturated carbocycles. The Morgan fingerprint density at radius 2 is 2.16 bits per heavy atom. The lowest BCUT2D eigenvalue weighted by Gasteiger charge is -2.38. The van der Waals surface area contributed by atoms with E-state index < -0.39 is 0 Å². The van der Waals surface area contributed by atoms with Crippen LogP contribution in [0.25, 0.3) is 0 Å². The van der Waals surface area contributed by atoms with E-state index in [2.05, 4.69) is 27.3 Å². The Kier molecular flexibility index (Phi) is 5.58.